The van der Waals surface area contributed by atoms with Crippen LogP contribution in [0.3, 0.4) is 0 Å². The maximum absolute atomic E-state index is 4.66. The lowest BCUT2D eigenvalue weighted by Crippen LogP contribution is -1.85. The van der Waals surface area contributed by atoms with Crippen molar-refractivity contribution in [2.45, 2.75) is 0 Å². The highest BCUT2D eigenvalue weighted by atomic mass is 32.1. The van der Waals surface area contributed by atoms with Crippen LogP contribution in [0.15, 0.2) is 71.3 Å². The minimum absolute atomic E-state index is 0.652. The molecule has 5 heteroatoms. The van der Waals surface area contributed by atoms with Crippen LogP contribution in [0.5, 0.6) is 0 Å². The third-order valence-electron chi connectivity index (χ3n) is 3.28. The molecule has 0 bridgehead atoms. The summed E-state index contributed by atoms with van der Waals surface area (Å²) in [5.41, 5.74) is 1.87. The van der Waals surface area contributed by atoms with Gasteiger partial charge in [0.25, 0.3) is 0 Å². The summed E-state index contributed by atoms with van der Waals surface area (Å²) in [7, 11) is 0. The molecule has 0 unspecified atom stereocenters. The number of imidazole rings is 1. The van der Waals surface area contributed by atoms with Crippen molar-refractivity contribution in [1.82, 2.24) is 14.4 Å². The smallest absolute Gasteiger partial charge is 0.236 e. The fourth-order valence-electron chi connectivity index (χ4n) is 2.28. The van der Waals surface area contributed by atoms with Gasteiger partial charge >= 0.3 is 0 Å². The number of hydrogen-bond acceptors (Lipinski definition) is 4. The van der Waals surface area contributed by atoms with Crippen LogP contribution in [-0.2, 0) is 0 Å². The van der Waals surface area contributed by atoms with E-state index in [0.717, 1.165) is 22.0 Å². The number of rotatable bonds is 3. The summed E-state index contributed by atoms with van der Waals surface area (Å²) < 4.78 is 1.91. The highest BCUT2D eigenvalue weighted by Gasteiger charge is 2.13. The van der Waals surface area contributed by atoms with Crippen molar-refractivity contribution in [1.29, 1.82) is 0 Å². The highest BCUT2D eigenvalue weighted by Crippen LogP contribution is 2.30. The van der Waals surface area contributed by atoms with Gasteiger partial charge in [-0.15, -0.1) is 11.3 Å². The second-order valence-electron chi connectivity index (χ2n) is 4.71. The average Bonchev–Trinajstić information content (AvgIpc) is 3.21. The molecule has 0 aliphatic heterocycles. The molecule has 0 radical (unpaired) electrons. The molecule has 106 valence electrons. The van der Waals surface area contributed by atoms with E-state index in [1.807, 2.05) is 70.7 Å². The summed E-state index contributed by atoms with van der Waals surface area (Å²) >= 11 is 1.66. The molecule has 0 amide bonds. The van der Waals surface area contributed by atoms with Crippen LogP contribution in [-0.4, -0.2) is 20.6 Å². The Labute approximate surface area is 131 Å². The summed E-state index contributed by atoms with van der Waals surface area (Å²) in [6, 6.07) is 16.0. The summed E-state index contributed by atoms with van der Waals surface area (Å²) in [5.74, 6) is 1.45. The van der Waals surface area contributed by atoms with Crippen LogP contribution in [0.1, 0.15) is 4.88 Å². The number of fused-ring (bicyclic) bond motifs is 1. The first kappa shape index (κ1) is 12.9. The van der Waals surface area contributed by atoms with Gasteiger partial charge in [-0.1, -0.05) is 36.4 Å². The average molecular weight is 304 g/mol. The van der Waals surface area contributed by atoms with Gasteiger partial charge < -0.3 is 0 Å². The Morgan fingerprint density at radius 3 is 2.77 bits per heavy atom. The van der Waals surface area contributed by atoms with Crippen LogP contribution < -0.4 is 0 Å². The van der Waals surface area contributed by atoms with Crippen LogP contribution in [0, 0.1) is 0 Å². The maximum Gasteiger partial charge on any atom is 0.236 e. The minimum atomic E-state index is 0.652. The molecule has 0 fully saturated rings. The van der Waals surface area contributed by atoms with Crippen molar-refractivity contribution >= 4 is 29.1 Å². The molecule has 0 aliphatic rings. The Morgan fingerprint density at radius 1 is 1.05 bits per heavy atom. The van der Waals surface area contributed by atoms with Gasteiger partial charge in [0.05, 0.1) is 0 Å². The number of benzene rings is 1. The van der Waals surface area contributed by atoms with Crippen molar-refractivity contribution < 1.29 is 0 Å². The number of aliphatic imine (C=N–C) groups is 1. The van der Waals surface area contributed by atoms with E-state index in [9.17, 15) is 0 Å². The van der Waals surface area contributed by atoms with Crippen molar-refractivity contribution in [3.8, 4) is 11.3 Å². The minimum Gasteiger partial charge on any atom is -0.268 e. The van der Waals surface area contributed by atoms with Gasteiger partial charge in [0.1, 0.15) is 5.69 Å². The topological polar surface area (TPSA) is 42.5 Å². The molecule has 3 aromatic heterocycles. The van der Waals surface area contributed by atoms with Gasteiger partial charge in [0.15, 0.2) is 5.82 Å². The van der Waals surface area contributed by atoms with E-state index in [1.165, 1.54) is 0 Å². The van der Waals surface area contributed by atoms with Crippen molar-refractivity contribution in [3.63, 3.8) is 0 Å². The van der Waals surface area contributed by atoms with Gasteiger partial charge in [0.2, 0.25) is 5.78 Å². The molecule has 0 atom stereocenters. The second kappa shape index (κ2) is 5.54. The van der Waals surface area contributed by atoms with E-state index in [4.69, 9.17) is 0 Å². The van der Waals surface area contributed by atoms with Crippen molar-refractivity contribution in [3.05, 3.63) is 71.2 Å². The van der Waals surface area contributed by atoms with Gasteiger partial charge in [-0.3, -0.25) is 4.40 Å². The normalized spacial score (nSPS) is 11.5. The van der Waals surface area contributed by atoms with Gasteiger partial charge in [-0.2, -0.15) is 0 Å². The zero-order valence-electron chi connectivity index (χ0n) is 11.6. The number of thiophene rings is 1. The van der Waals surface area contributed by atoms with Crippen molar-refractivity contribution in [2.24, 2.45) is 4.99 Å². The highest BCUT2D eigenvalue weighted by molar-refractivity contribution is 7.11. The Morgan fingerprint density at radius 2 is 1.95 bits per heavy atom. The quantitative estimate of drug-likeness (QED) is 0.532. The Kier molecular flexibility index (Phi) is 3.25. The predicted octanol–water partition coefficient (Wildman–Crippen LogP) is 4.21. The molecule has 4 rings (SSSR count). The molecule has 0 spiro atoms. The Bertz CT molecular complexity index is 924. The zero-order valence-corrected chi connectivity index (χ0v) is 12.4. The molecule has 0 aliphatic carbocycles. The molecule has 4 aromatic rings. The standard InChI is InChI=1S/C17H12N4S/c1-2-6-13(7-3-1)15-16(19-12-14-8-4-11-22-14)21-10-5-9-18-17(21)20-15/h1-12H/b19-12+. The fourth-order valence-corrected chi connectivity index (χ4v) is 2.86. The summed E-state index contributed by atoms with van der Waals surface area (Å²) in [5, 5.41) is 2.04. The third kappa shape index (κ3) is 2.31. The van der Waals surface area contributed by atoms with Gasteiger partial charge in [0, 0.05) is 29.0 Å². The molecular weight excluding hydrogens is 292 g/mol. The molecule has 0 saturated carbocycles. The number of aromatic nitrogens is 3. The summed E-state index contributed by atoms with van der Waals surface area (Å²) in [4.78, 5) is 14.7. The first-order valence-electron chi connectivity index (χ1n) is 6.88. The van der Waals surface area contributed by atoms with Crippen LogP contribution in [0.2, 0.25) is 0 Å². The van der Waals surface area contributed by atoms with Crippen LogP contribution in [0.4, 0.5) is 5.82 Å². The largest absolute Gasteiger partial charge is 0.268 e. The number of nitrogens with zero attached hydrogens (tertiary/aromatic N) is 4. The lowest BCUT2D eigenvalue weighted by atomic mass is 10.1. The van der Waals surface area contributed by atoms with E-state index < -0.39 is 0 Å². The zero-order chi connectivity index (χ0) is 14.8. The molecule has 22 heavy (non-hydrogen) atoms. The number of hydrogen-bond donors (Lipinski definition) is 0. The van der Waals surface area contributed by atoms with Gasteiger partial charge in [-0.05, 0) is 17.5 Å². The summed E-state index contributed by atoms with van der Waals surface area (Å²) in [6.45, 7) is 0. The predicted molar refractivity (Wildman–Crippen MR) is 90.0 cm³/mol. The maximum atomic E-state index is 4.66. The molecule has 3 heterocycles. The molecule has 1 aromatic carbocycles. The third-order valence-corrected chi connectivity index (χ3v) is 4.09. The molecule has 0 saturated heterocycles. The molecular formula is C17H12N4S. The van der Waals surface area contributed by atoms with Crippen LogP contribution >= 0.6 is 11.3 Å². The first-order valence-corrected chi connectivity index (χ1v) is 7.76. The lowest BCUT2D eigenvalue weighted by Gasteiger charge is -1.99. The van der Waals surface area contributed by atoms with E-state index in [1.54, 1.807) is 17.5 Å². The Hall–Kier alpha value is -2.79. The molecule has 4 nitrogen and oxygen atoms in total. The molecule has 0 N–H and O–H groups in total. The lowest BCUT2D eigenvalue weighted by molar-refractivity contribution is 1.10. The monoisotopic (exact) mass is 304 g/mol. The fraction of sp³-hybridized carbons (Fsp3) is 0. The van der Waals surface area contributed by atoms with E-state index in [-0.39, 0.29) is 0 Å². The second-order valence-corrected chi connectivity index (χ2v) is 5.69. The van der Waals surface area contributed by atoms with E-state index >= 15 is 0 Å². The first-order chi connectivity index (χ1) is 10.9. The SMILES string of the molecule is C(=N\c1c(-c2ccccc2)nc2ncccn12)/c1cccs1. The van der Waals surface area contributed by atoms with Crippen LogP contribution in [0.25, 0.3) is 17.0 Å². The van der Waals surface area contributed by atoms with E-state index in [0.29, 0.717) is 5.78 Å². The van der Waals surface area contributed by atoms with E-state index in [2.05, 4.69) is 15.0 Å². The Balaban J connectivity index is 1.90. The van der Waals surface area contributed by atoms with Gasteiger partial charge in [-0.25, -0.2) is 15.0 Å². The summed E-state index contributed by atoms with van der Waals surface area (Å²) in [6.07, 6.45) is 5.54. The van der Waals surface area contributed by atoms with Crippen molar-refractivity contribution in [2.75, 3.05) is 0 Å².